The molecule has 0 saturated carbocycles. The van der Waals surface area contributed by atoms with Crippen LogP contribution in [0.15, 0.2) is 45.6 Å². The summed E-state index contributed by atoms with van der Waals surface area (Å²) in [4.78, 5) is 25.1. The third-order valence-electron chi connectivity index (χ3n) is 3.82. The van der Waals surface area contributed by atoms with Crippen LogP contribution >= 0.6 is 0 Å². The van der Waals surface area contributed by atoms with Crippen molar-refractivity contribution in [1.82, 2.24) is 4.90 Å². The maximum atomic E-state index is 12.1. The second kappa shape index (κ2) is 6.78. The molecule has 1 aromatic carbocycles. The van der Waals surface area contributed by atoms with Gasteiger partial charge in [0.15, 0.2) is 6.61 Å². The predicted molar refractivity (Wildman–Crippen MR) is 87.4 cm³/mol. The van der Waals surface area contributed by atoms with Crippen LogP contribution in [-0.4, -0.2) is 36.6 Å². The van der Waals surface area contributed by atoms with Gasteiger partial charge in [0.2, 0.25) is 0 Å². The van der Waals surface area contributed by atoms with Crippen LogP contribution < -0.4 is 15.1 Å². The predicted octanol–water partition coefficient (Wildman–Crippen LogP) is 1.93. The van der Waals surface area contributed by atoms with Crippen LogP contribution in [0, 0.1) is 13.8 Å². The van der Waals surface area contributed by atoms with Crippen molar-refractivity contribution >= 4 is 5.91 Å². The number of carbonyl (C=O) groups excluding carboxylic acids is 1. The third-order valence-corrected chi connectivity index (χ3v) is 3.82. The van der Waals surface area contributed by atoms with E-state index in [9.17, 15) is 9.59 Å². The van der Waals surface area contributed by atoms with Gasteiger partial charge < -0.3 is 18.8 Å². The molecule has 1 aliphatic rings. The zero-order valence-electron chi connectivity index (χ0n) is 13.7. The summed E-state index contributed by atoms with van der Waals surface area (Å²) in [5, 5.41) is 0. The van der Waals surface area contributed by atoms with Gasteiger partial charge in [-0.2, -0.15) is 0 Å². The van der Waals surface area contributed by atoms with Crippen LogP contribution in [0.3, 0.4) is 0 Å². The maximum Gasteiger partial charge on any atom is 0.339 e. The quantitative estimate of drug-likeness (QED) is 0.838. The lowest BCUT2D eigenvalue weighted by atomic mass is 10.1. The lowest BCUT2D eigenvalue weighted by Gasteiger charge is -2.38. The average molecular weight is 329 g/mol. The van der Waals surface area contributed by atoms with Crippen LogP contribution in [0.4, 0.5) is 0 Å². The van der Waals surface area contributed by atoms with Crippen molar-refractivity contribution in [3.8, 4) is 11.5 Å². The minimum Gasteiger partial charge on any atom is -0.486 e. The van der Waals surface area contributed by atoms with E-state index in [0.29, 0.717) is 30.3 Å². The summed E-state index contributed by atoms with van der Waals surface area (Å²) >= 11 is 0. The molecule has 2 aromatic rings. The summed E-state index contributed by atoms with van der Waals surface area (Å²) in [6, 6.07) is 10.5. The number of likely N-dealkylation sites (tertiary alicyclic amines) is 1. The number of hydrogen-bond acceptors (Lipinski definition) is 5. The van der Waals surface area contributed by atoms with Crippen molar-refractivity contribution < 1.29 is 18.7 Å². The van der Waals surface area contributed by atoms with Crippen molar-refractivity contribution in [2.24, 2.45) is 0 Å². The molecular weight excluding hydrogens is 310 g/mol. The number of ether oxygens (including phenoxy) is 2. The minimum atomic E-state index is -0.441. The second-order valence-corrected chi connectivity index (χ2v) is 5.82. The molecule has 1 fully saturated rings. The normalized spacial score (nSPS) is 14.2. The van der Waals surface area contributed by atoms with Crippen molar-refractivity contribution in [1.29, 1.82) is 0 Å². The van der Waals surface area contributed by atoms with E-state index >= 15 is 0 Å². The number of aryl methyl sites for hydroxylation is 2. The highest BCUT2D eigenvalue weighted by Crippen LogP contribution is 2.19. The molecule has 6 heteroatoms. The lowest BCUT2D eigenvalue weighted by molar-refractivity contribution is -0.142. The lowest BCUT2D eigenvalue weighted by Crippen LogP contribution is -2.57. The number of carbonyl (C=O) groups is 1. The zero-order valence-corrected chi connectivity index (χ0v) is 13.7. The highest BCUT2D eigenvalue weighted by molar-refractivity contribution is 5.78. The summed E-state index contributed by atoms with van der Waals surface area (Å²) < 4.78 is 16.1. The Hall–Kier alpha value is -2.76. The number of rotatable bonds is 5. The molecule has 24 heavy (non-hydrogen) atoms. The molecule has 0 N–H and O–H groups in total. The van der Waals surface area contributed by atoms with Gasteiger partial charge in [0.25, 0.3) is 5.91 Å². The van der Waals surface area contributed by atoms with E-state index in [1.54, 1.807) is 17.9 Å². The van der Waals surface area contributed by atoms with Crippen LogP contribution in [0.25, 0.3) is 0 Å². The highest BCUT2D eigenvalue weighted by atomic mass is 16.5. The van der Waals surface area contributed by atoms with Crippen LogP contribution in [-0.2, 0) is 4.79 Å². The number of para-hydroxylation sites is 1. The Morgan fingerprint density at radius 3 is 2.71 bits per heavy atom. The molecule has 2 heterocycles. The van der Waals surface area contributed by atoms with Gasteiger partial charge >= 0.3 is 5.63 Å². The molecule has 0 bridgehead atoms. The van der Waals surface area contributed by atoms with Gasteiger partial charge in [-0.25, -0.2) is 4.79 Å². The smallest absolute Gasteiger partial charge is 0.339 e. The van der Waals surface area contributed by atoms with E-state index in [-0.39, 0.29) is 18.6 Å². The standard InChI is InChI=1S/C18H19NO5/c1-12-5-3-4-6-16(12)22-11-17(20)19-9-15(10-19)24-14-7-13(2)23-18(21)8-14/h3-8,15H,9-11H2,1-2H3. The summed E-state index contributed by atoms with van der Waals surface area (Å²) in [7, 11) is 0. The van der Waals surface area contributed by atoms with Gasteiger partial charge in [0.05, 0.1) is 19.2 Å². The first kappa shape index (κ1) is 16.1. The van der Waals surface area contributed by atoms with Crippen molar-refractivity contribution in [2.75, 3.05) is 19.7 Å². The van der Waals surface area contributed by atoms with Gasteiger partial charge in [0.1, 0.15) is 23.4 Å². The summed E-state index contributed by atoms with van der Waals surface area (Å²) in [5.74, 6) is 1.60. The molecule has 1 aliphatic heterocycles. The molecule has 126 valence electrons. The Morgan fingerprint density at radius 1 is 1.25 bits per heavy atom. The first-order valence-electron chi connectivity index (χ1n) is 7.76. The van der Waals surface area contributed by atoms with Gasteiger partial charge in [0, 0.05) is 6.07 Å². The molecular formula is C18H19NO5. The molecule has 0 atom stereocenters. The fourth-order valence-electron chi connectivity index (χ4n) is 2.50. The summed E-state index contributed by atoms with van der Waals surface area (Å²) in [6.07, 6.45) is -0.117. The fraction of sp³-hybridized carbons (Fsp3) is 0.333. The van der Waals surface area contributed by atoms with Gasteiger partial charge in [-0.3, -0.25) is 4.79 Å². The SMILES string of the molecule is Cc1cc(OC2CN(C(=O)COc3ccccc3C)C2)cc(=O)o1. The van der Waals surface area contributed by atoms with E-state index in [0.717, 1.165) is 5.56 Å². The van der Waals surface area contributed by atoms with Crippen molar-refractivity contribution in [2.45, 2.75) is 20.0 Å². The molecule has 1 saturated heterocycles. The average Bonchev–Trinajstić information content (AvgIpc) is 2.48. The number of benzene rings is 1. The van der Waals surface area contributed by atoms with Crippen LogP contribution in [0.5, 0.6) is 11.5 Å². The third kappa shape index (κ3) is 3.76. The molecule has 1 amide bonds. The second-order valence-electron chi connectivity index (χ2n) is 5.82. The topological polar surface area (TPSA) is 69.0 Å². The first-order valence-corrected chi connectivity index (χ1v) is 7.76. The van der Waals surface area contributed by atoms with Crippen LogP contribution in [0.1, 0.15) is 11.3 Å². The molecule has 0 unspecified atom stereocenters. The molecule has 6 nitrogen and oxygen atoms in total. The van der Waals surface area contributed by atoms with Crippen molar-refractivity contribution in [3.63, 3.8) is 0 Å². The molecule has 1 aromatic heterocycles. The Bertz CT molecular complexity index is 792. The van der Waals surface area contributed by atoms with E-state index in [1.807, 2.05) is 31.2 Å². The largest absolute Gasteiger partial charge is 0.486 e. The molecule has 3 rings (SSSR count). The first-order chi connectivity index (χ1) is 11.5. The monoisotopic (exact) mass is 329 g/mol. The van der Waals surface area contributed by atoms with Crippen LogP contribution in [0.2, 0.25) is 0 Å². The summed E-state index contributed by atoms with van der Waals surface area (Å²) in [6.45, 7) is 4.59. The molecule has 0 radical (unpaired) electrons. The van der Waals surface area contributed by atoms with Gasteiger partial charge in [-0.1, -0.05) is 18.2 Å². The Balaban J connectivity index is 1.47. The van der Waals surface area contributed by atoms with Gasteiger partial charge in [-0.05, 0) is 25.5 Å². The number of amides is 1. The Labute approximate surface area is 139 Å². The zero-order chi connectivity index (χ0) is 17.1. The van der Waals surface area contributed by atoms with Gasteiger partial charge in [-0.15, -0.1) is 0 Å². The molecule has 0 spiro atoms. The van der Waals surface area contributed by atoms with Crippen molar-refractivity contribution in [3.05, 3.63) is 58.1 Å². The summed E-state index contributed by atoms with van der Waals surface area (Å²) in [5.41, 5.74) is 0.553. The van der Waals surface area contributed by atoms with E-state index in [2.05, 4.69) is 0 Å². The van der Waals surface area contributed by atoms with E-state index in [1.165, 1.54) is 6.07 Å². The Kier molecular flexibility index (Phi) is 4.55. The van der Waals surface area contributed by atoms with E-state index < -0.39 is 5.63 Å². The maximum absolute atomic E-state index is 12.1. The fourth-order valence-corrected chi connectivity index (χ4v) is 2.50. The number of hydrogen-bond donors (Lipinski definition) is 0. The molecule has 0 aliphatic carbocycles. The highest BCUT2D eigenvalue weighted by Gasteiger charge is 2.32. The number of nitrogens with zero attached hydrogens (tertiary/aromatic N) is 1. The van der Waals surface area contributed by atoms with E-state index in [4.69, 9.17) is 13.9 Å². The Morgan fingerprint density at radius 2 is 2.00 bits per heavy atom. The minimum absolute atomic E-state index is 0.00556.